The molecule has 132 valence electrons. The number of aryl methyl sites for hydroxylation is 3. The summed E-state index contributed by atoms with van der Waals surface area (Å²) in [6.07, 6.45) is 0. The second-order valence-corrected chi connectivity index (χ2v) is 7.42. The molecule has 0 aliphatic carbocycles. The summed E-state index contributed by atoms with van der Waals surface area (Å²) in [4.78, 5) is 0. The first-order chi connectivity index (χ1) is 13.5. The molecule has 2 nitrogen and oxygen atoms in total. The number of hydrogen-bond donors (Lipinski definition) is 0. The van der Waals surface area contributed by atoms with Crippen LogP contribution in [-0.2, 0) is 7.05 Å². The Morgan fingerprint density at radius 1 is 0.926 bits per heavy atom. The van der Waals surface area contributed by atoms with Crippen molar-refractivity contribution in [3.05, 3.63) is 77.3 Å². The summed E-state index contributed by atoms with van der Waals surface area (Å²) in [6, 6.07) is 19.1. The fourth-order valence-electron chi connectivity index (χ4n) is 4.05. The van der Waals surface area contributed by atoms with E-state index in [2.05, 4.69) is 56.7 Å². The molecule has 27 heavy (non-hydrogen) atoms. The molecule has 2 heterocycles. The molecule has 5 aromatic rings. The molecule has 3 aromatic carbocycles. The number of benzene rings is 3. The third-order valence-corrected chi connectivity index (χ3v) is 5.68. The number of furan rings is 1. The lowest BCUT2D eigenvalue weighted by Gasteiger charge is -2.10. The Labute approximate surface area is 160 Å². The van der Waals surface area contributed by atoms with Gasteiger partial charge in [-0.1, -0.05) is 24.3 Å². The number of fused-ring (bicyclic) bond motifs is 4. The van der Waals surface area contributed by atoms with Gasteiger partial charge in [-0.05, 0) is 61.7 Å². The first-order valence-electron chi connectivity index (χ1n) is 9.77. The molecule has 0 unspecified atom stereocenters. The van der Waals surface area contributed by atoms with E-state index in [0.717, 1.165) is 44.1 Å². The normalized spacial score (nSPS) is 12.2. The van der Waals surface area contributed by atoms with Gasteiger partial charge in [-0.3, -0.25) is 0 Å². The first kappa shape index (κ1) is 15.0. The van der Waals surface area contributed by atoms with E-state index in [9.17, 15) is 0 Å². The largest absolute Gasteiger partial charge is 0.455 e. The van der Waals surface area contributed by atoms with Crippen molar-refractivity contribution in [2.24, 2.45) is 7.05 Å². The predicted molar refractivity (Wildman–Crippen MR) is 112 cm³/mol. The molecule has 0 aliphatic rings. The Morgan fingerprint density at radius 3 is 2.59 bits per heavy atom. The van der Waals surface area contributed by atoms with Crippen LogP contribution in [0.3, 0.4) is 0 Å². The van der Waals surface area contributed by atoms with Crippen molar-refractivity contribution >= 4 is 32.8 Å². The molecule has 0 saturated heterocycles. The van der Waals surface area contributed by atoms with Crippen molar-refractivity contribution in [1.82, 2.24) is 0 Å². The van der Waals surface area contributed by atoms with Gasteiger partial charge in [0.05, 0.1) is 6.93 Å². The Hall–Kier alpha value is -3.13. The quantitative estimate of drug-likeness (QED) is 0.330. The van der Waals surface area contributed by atoms with Gasteiger partial charge >= 0.3 is 0 Å². The number of rotatable bonds is 1. The van der Waals surface area contributed by atoms with Crippen LogP contribution in [-0.4, -0.2) is 0 Å². The average molecular weight is 353 g/mol. The van der Waals surface area contributed by atoms with Gasteiger partial charge in [0.15, 0.2) is 0 Å². The van der Waals surface area contributed by atoms with Crippen LogP contribution in [0.5, 0.6) is 0 Å². The molecule has 0 saturated carbocycles. The standard InChI is InChI=1S/C25H22NO/c1-15-9-10-18-11-12-21(26(4)22(18)13-15)24-17(3)16(2)14-20-19-7-5-6-8-23(19)27-25(20)24/h5-14H,1-4H3/q+1/i11D. The summed E-state index contributed by atoms with van der Waals surface area (Å²) >= 11 is 0. The van der Waals surface area contributed by atoms with Crippen LogP contribution < -0.4 is 4.57 Å². The van der Waals surface area contributed by atoms with Crippen LogP contribution in [0.2, 0.25) is 0 Å². The van der Waals surface area contributed by atoms with Crippen molar-refractivity contribution in [2.75, 3.05) is 0 Å². The molecule has 0 bridgehead atoms. The average Bonchev–Trinajstić information content (AvgIpc) is 3.04. The van der Waals surface area contributed by atoms with Crippen LogP contribution in [0.25, 0.3) is 44.1 Å². The molecule has 2 aromatic heterocycles. The third-order valence-electron chi connectivity index (χ3n) is 5.68. The molecule has 5 rings (SSSR count). The molecular formula is C25H22NO+. The minimum Gasteiger partial charge on any atom is -0.455 e. The number of aromatic nitrogens is 1. The second-order valence-electron chi connectivity index (χ2n) is 7.42. The maximum atomic E-state index is 8.62. The first-order valence-corrected chi connectivity index (χ1v) is 9.27. The molecule has 0 aliphatic heterocycles. The zero-order valence-electron chi connectivity index (χ0n) is 17.1. The SMILES string of the molecule is [2H]c1cc(-c2c(C)c(C)cc3c2oc2ccccc23)[n+](C)c2cc(C)ccc12. The maximum Gasteiger partial charge on any atom is 0.216 e. The number of para-hydroxylation sites is 1. The van der Waals surface area contributed by atoms with Crippen molar-refractivity contribution in [3.8, 4) is 11.3 Å². The van der Waals surface area contributed by atoms with Gasteiger partial charge in [-0.2, -0.15) is 4.57 Å². The van der Waals surface area contributed by atoms with Crippen molar-refractivity contribution < 1.29 is 10.4 Å². The minimum atomic E-state index is 0.535. The Kier molecular flexibility index (Phi) is 3.15. The van der Waals surface area contributed by atoms with Crippen molar-refractivity contribution in [1.29, 1.82) is 0 Å². The van der Waals surface area contributed by atoms with Gasteiger partial charge in [-0.15, -0.1) is 0 Å². The Bertz CT molecular complexity index is 1410. The van der Waals surface area contributed by atoms with Crippen LogP contribution in [0.15, 0.2) is 65.1 Å². The van der Waals surface area contributed by atoms with Crippen molar-refractivity contribution in [3.63, 3.8) is 0 Å². The highest BCUT2D eigenvalue weighted by Crippen LogP contribution is 2.38. The van der Waals surface area contributed by atoms with Gasteiger partial charge in [0.2, 0.25) is 11.2 Å². The van der Waals surface area contributed by atoms with Crippen LogP contribution in [0.4, 0.5) is 0 Å². The van der Waals surface area contributed by atoms with E-state index < -0.39 is 0 Å². The summed E-state index contributed by atoms with van der Waals surface area (Å²) in [5, 5.41) is 3.22. The smallest absolute Gasteiger partial charge is 0.216 e. The van der Waals surface area contributed by atoms with Crippen LogP contribution in [0, 0.1) is 20.8 Å². The molecule has 2 heteroatoms. The van der Waals surface area contributed by atoms with Gasteiger partial charge in [0, 0.05) is 28.3 Å². The van der Waals surface area contributed by atoms with Crippen molar-refractivity contribution in [2.45, 2.75) is 20.8 Å². The van der Waals surface area contributed by atoms with Crippen LogP contribution >= 0.6 is 0 Å². The zero-order valence-corrected chi connectivity index (χ0v) is 16.1. The van der Waals surface area contributed by atoms with E-state index in [-0.39, 0.29) is 0 Å². The fourth-order valence-corrected chi connectivity index (χ4v) is 4.05. The summed E-state index contributed by atoms with van der Waals surface area (Å²) in [7, 11) is 2.08. The van der Waals surface area contributed by atoms with E-state index in [4.69, 9.17) is 5.79 Å². The van der Waals surface area contributed by atoms with Gasteiger partial charge in [0.1, 0.15) is 18.2 Å². The summed E-state index contributed by atoms with van der Waals surface area (Å²) < 4.78 is 17.1. The monoisotopic (exact) mass is 353 g/mol. The summed E-state index contributed by atoms with van der Waals surface area (Å²) in [5.41, 5.74) is 8.54. The lowest BCUT2D eigenvalue weighted by molar-refractivity contribution is -0.633. The zero-order chi connectivity index (χ0) is 19.6. The van der Waals surface area contributed by atoms with E-state index in [1.54, 1.807) is 0 Å². The molecule has 0 radical (unpaired) electrons. The number of pyridine rings is 1. The lowest BCUT2D eigenvalue weighted by atomic mass is 9.96. The number of nitrogens with zero attached hydrogens (tertiary/aromatic N) is 1. The molecule has 0 atom stereocenters. The third kappa shape index (κ3) is 2.30. The Balaban J connectivity index is 1.97. The lowest BCUT2D eigenvalue weighted by Crippen LogP contribution is -2.32. The molecule has 0 spiro atoms. The van der Waals surface area contributed by atoms with E-state index >= 15 is 0 Å². The van der Waals surface area contributed by atoms with Gasteiger partial charge < -0.3 is 4.42 Å². The molecule has 0 fully saturated rings. The topological polar surface area (TPSA) is 17.0 Å². The number of hydrogen-bond acceptors (Lipinski definition) is 1. The second kappa shape index (κ2) is 5.68. The molecular weight excluding hydrogens is 330 g/mol. The summed E-state index contributed by atoms with van der Waals surface area (Å²) in [6.45, 7) is 6.37. The highest BCUT2D eigenvalue weighted by molar-refractivity contribution is 6.10. The van der Waals surface area contributed by atoms with E-state index in [1.807, 2.05) is 30.3 Å². The molecule has 0 amide bonds. The molecule has 0 N–H and O–H groups in total. The van der Waals surface area contributed by atoms with Gasteiger partial charge in [0.25, 0.3) is 0 Å². The predicted octanol–water partition coefficient (Wildman–Crippen LogP) is 6.16. The van der Waals surface area contributed by atoms with Crippen LogP contribution in [0.1, 0.15) is 18.1 Å². The highest BCUT2D eigenvalue weighted by Gasteiger charge is 2.23. The summed E-state index contributed by atoms with van der Waals surface area (Å²) in [5.74, 6) is 0. The Morgan fingerprint density at radius 2 is 1.74 bits per heavy atom. The fraction of sp³-hybridized carbons (Fsp3) is 0.160. The highest BCUT2D eigenvalue weighted by atomic mass is 16.3. The van der Waals surface area contributed by atoms with E-state index in [0.29, 0.717) is 6.04 Å². The minimum absolute atomic E-state index is 0.535. The van der Waals surface area contributed by atoms with Gasteiger partial charge in [-0.25, -0.2) is 0 Å². The van der Waals surface area contributed by atoms with E-state index in [1.165, 1.54) is 16.7 Å². The maximum absolute atomic E-state index is 8.62.